The summed E-state index contributed by atoms with van der Waals surface area (Å²) >= 11 is 8.93. The molecule has 0 radical (unpaired) electrons. The van der Waals surface area contributed by atoms with E-state index < -0.39 is 5.97 Å². The van der Waals surface area contributed by atoms with Crippen LogP contribution in [0.15, 0.2) is 83.1 Å². The number of hydrogen-bond donors (Lipinski definition) is 1. The Balaban J connectivity index is 1.19. The number of aryl methyl sites for hydroxylation is 1. The van der Waals surface area contributed by atoms with Crippen molar-refractivity contribution in [3.63, 3.8) is 0 Å². The average Bonchev–Trinajstić information content (AvgIpc) is 3.52. The van der Waals surface area contributed by atoms with Crippen LogP contribution < -0.4 is 14.9 Å². The number of hydrazone groups is 1. The lowest BCUT2D eigenvalue weighted by Crippen LogP contribution is -2.20. The molecule has 5 rings (SSSR count). The molecular formula is C28H22ClN5O4S2. The van der Waals surface area contributed by atoms with E-state index in [2.05, 4.69) is 20.7 Å². The second-order valence-electron chi connectivity index (χ2n) is 8.32. The van der Waals surface area contributed by atoms with Crippen molar-refractivity contribution in [3.05, 3.63) is 94.1 Å². The molecule has 1 amide bonds. The molecule has 0 aliphatic heterocycles. The van der Waals surface area contributed by atoms with Crippen molar-refractivity contribution in [2.24, 2.45) is 5.10 Å². The number of ether oxygens (including phenoxy) is 2. The third kappa shape index (κ3) is 6.01. The number of nitrogens with zero attached hydrogens (tertiary/aromatic N) is 4. The van der Waals surface area contributed by atoms with Gasteiger partial charge in [-0.05, 0) is 48.9 Å². The first-order chi connectivity index (χ1) is 19.4. The minimum atomic E-state index is -0.575. The Morgan fingerprint density at radius 1 is 1.07 bits per heavy atom. The summed E-state index contributed by atoms with van der Waals surface area (Å²) in [5.41, 5.74) is 4.05. The fraction of sp³-hybridized carbons (Fsp3) is 0.107. The topological polar surface area (TPSA) is 108 Å². The number of aromatic nitrogens is 3. The summed E-state index contributed by atoms with van der Waals surface area (Å²) in [6.07, 6.45) is 1.47. The van der Waals surface area contributed by atoms with Crippen LogP contribution in [0.3, 0.4) is 0 Å². The Morgan fingerprint density at radius 2 is 1.85 bits per heavy atom. The van der Waals surface area contributed by atoms with E-state index in [0.717, 1.165) is 21.6 Å². The summed E-state index contributed by atoms with van der Waals surface area (Å²) in [5.74, 6) is 0.500. The van der Waals surface area contributed by atoms with E-state index in [1.165, 1.54) is 36.4 Å². The number of carbonyl (C=O) groups is 2. The number of benzene rings is 3. The molecule has 9 nitrogen and oxygen atoms in total. The fourth-order valence-electron chi connectivity index (χ4n) is 3.79. The number of fused-ring (bicyclic) bond motifs is 1. The standard InChI is InChI=1S/C28H22ClN5O4S2/c1-17-31-33-28(34(17)19-8-4-3-5-9-19)39-16-24(35)32-30-15-18-12-13-21(22(14-18)37-2)38-27(36)26-25(29)20-10-6-7-11-23(20)40-26/h3-15H,16H2,1-2H3,(H,32,35)/b30-15-. The smallest absolute Gasteiger partial charge is 0.355 e. The van der Waals surface area contributed by atoms with Crippen LogP contribution in [-0.2, 0) is 4.79 Å². The summed E-state index contributed by atoms with van der Waals surface area (Å²) in [6, 6.07) is 22.1. The van der Waals surface area contributed by atoms with Crippen molar-refractivity contribution in [2.75, 3.05) is 12.9 Å². The average molecular weight is 592 g/mol. The number of para-hydroxylation sites is 1. The van der Waals surface area contributed by atoms with Gasteiger partial charge in [0.25, 0.3) is 5.91 Å². The van der Waals surface area contributed by atoms with E-state index >= 15 is 0 Å². The number of nitrogens with one attached hydrogen (secondary N) is 1. The maximum Gasteiger partial charge on any atom is 0.355 e. The molecular weight excluding hydrogens is 570 g/mol. The van der Waals surface area contributed by atoms with E-state index in [1.54, 1.807) is 18.2 Å². The van der Waals surface area contributed by atoms with Gasteiger partial charge in [-0.25, -0.2) is 10.2 Å². The quantitative estimate of drug-likeness (QED) is 0.0746. The van der Waals surface area contributed by atoms with Crippen molar-refractivity contribution >= 4 is 62.9 Å². The zero-order chi connectivity index (χ0) is 28.1. The molecule has 2 aromatic heterocycles. The van der Waals surface area contributed by atoms with Crippen molar-refractivity contribution in [1.82, 2.24) is 20.2 Å². The highest BCUT2D eigenvalue weighted by Gasteiger charge is 2.20. The molecule has 5 aromatic rings. The van der Waals surface area contributed by atoms with Crippen LogP contribution in [0.2, 0.25) is 5.02 Å². The first-order valence-corrected chi connectivity index (χ1v) is 14.1. The number of hydrogen-bond acceptors (Lipinski definition) is 9. The predicted molar refractivity (Wildman–Crippen MR) is 157 cm³/mol. The first-order valence-electron chi connectivity index (χ1n) is 11.9. The molecule has 0 spiro atoms. The van der Waals surface area contributed by atoms with Gasteiger partial charge in [0.2, 0.25) is 0 Å². The van der Waals surface area contributed by atoms with Crippen LogP contribution in [-0.4, -0.2) is 45.7 Å². The lowest BCUT2D eigenvalue weighted by molar-refractivity contribution is -0.118. The molecule has 2 heterocycles. The molecule has 40 heavy (non-hydrogen) atoms. The third-order valence-corrected chi connectivity index (χ3v) is 8.24. The van der Waals surface area contributed by atoms with Crippen molar-refractivity contribution < 1.29 is 19.1 Å². The number of halogens is 1. The van der Waals surface area contributed by atoms with E-state index in [0.29, 0.717) is 26.4 Å². The predicted octanol–water partition coefficient (Wildman–Crippen LogP) is 5.91. The summed E-state index contributed by atoms with van der Waals surface area (Å²) in [6.45, 7) is 1.86. The number of amides is 1. The lowest BCUT2D eigenvalue weighted by Gasteiger charge is -2.09. The summed E-state index contributed by atoms with van der Waals surface area (Å²) < 4.78 is 13.8. The van der Waals surface area contributed by atoms with Gasteiger partial charge in [0.1, 0.15) is 10.7 Å². The molecule has 0 aliphatic carbocycles. The molecule has 0 fully saturated rings. The Labute approximate surface area is 242 Å². The van der Waals surface area contributed by atoms with Crippen LogP contribution in [0, 0.1) is 6.92 Å². The lowest BCUT2D eigenvalue weighted by atomic mass is 10.2. The third-order valence-electron chi connectivity index (χ3n) is 5.66. The van der Waals surface area contributed by atoms with E-state index in [4.69, 9.17) is 21.1 Å². The second-order valence-corrected chi connectivity index (χ2v) is 10.7. The molecule has 1 N–H and O–H groups in total. The Bertz CT molecular complexity index is 1720. The monoisotopic (exact) mass is 591 g/mol. The largest absolute Gasteiger partial charge is 0.493 e. The van der Waals surface area contributed by atoms with E-state index in [1.807, 2.05) is 66.1 Å². The first kappa shape index (κ1) is 27.4. The van der Waals surface area contributed by atoms with Gasteiger partial charge >= 0.3 is 5.97 Å². The van der Waals surface area contributed by atoms with E-state index in [-0.39, 0.29) is 17.4 Å². The fourth-order valence-corrected chi connectivity index (χ4v) is 5.97. The number of methoxy groups -OCH3 is 1. The van der Waals surface area contributed by atoms with Crippen LogP contribution >= 0.6 is 34.7 Å². The Kier molecular flexibility index (Phi) is 8.44. The number of thiophene rings is 1. The van der Waals surface area contributed by atoms with Gasteiger partial charge in [-0.1, -0.05) is 59.8 Å². The maximum atomic E-state index is 12.8. The number of thioether (sulfide) groups is 1. The SMILES string of the molecule is COc1cc(/C=N\NC(=O)CSc2nnc(C)n2-c2ccccc2)ccc1OC(=O)c1sc2ccccc2c1Cl. The zero-order valence-electron chi connectivity index (χ0n) is 21.3. The highest BCUT2D eigenvalue weighted by atomic mass is 35.5. The second kappa shape index (κ2) is 12.3. The molecule has 3 aromatic carbocycles. The molecule has 0 atom stereocenters. The Hall–Kier alpha value is -4.19. The van der Waals surface area contributed by atoms with Crippen LogP contribution in [0.1, 0.15) is 21.1 Å². The molecule has 0 bridgehead atoms. The van der Waals surface area contributed by atoms with Gasteiger partial charge in [-0.3, -0.25) is 9.36 Å². The normalized spacial score (nSPS) is 11.2. The minimum Gasteiger partial charge on any atom is -0.493 e. The zero-order valence-corrected chi connectivity index (χ0v) is 23.7. The number of rotatable bonds is 9. The maximum absolute atomic E-state index is 12.8. The van der Waals surface area contributed by atoms with Gasteiger partial charge in [0.15, 0.2) is 16.7 Å². The van der Waals surface area contributed by atoms with Crippen LogP contribution in [0.5, 0.6) is 11.5 Å². The summed E-state index contributed by atoms with van der Waals surface area (Å²) in [5, 5.41) is 14.1. The molecule has 202 valence electrons. The molecule has 0 aliphatic rings. The van der Waals surface area contributed by atoms with Crippen LogP contribution in [0.25, 0.3) is 15.8 Å². The van der Waals surface area contributed by atoms with Crippen molar-refractivity contribution in [2.45, 2.75) is 12.1 Å². The van der Waals surface area contributed by atoms with Gasteiger partial charge in [0, 0.05) is 15.8 Å². The van der Waals surface area contributed by atoms with Gasteiger partial charge in [-0.2, -0.15) is 5.10 Å². The molecule has 0 saturated carbocycles. The Morgan fingerprint density at radius 3 is 2.62 bits per heavy atom. The van der Waals surface area contributed by atoms with Crippen molar-refractivity contribution in [1.29, 1.82) is 0 Å². The summed E-state index contributed by atoms with van der Waals surface area (Å²) in [4.78, 5) is 25.5. The molecule has 0 unspecified atom stereocenters. The molecule has 0 saturated heterocycles. The van der Waals surface area contributed by atoms with Crippen molar-refractivity contribution in [3.8, 4) is 17.2 Å². The minimum absolute atomic E-state index is 0.0980. The number of esters is 1. The molecule has 12 heteroatoms. The van der Waals surface area contributed by atoms with Gasteiger partial charge in [0.05, 0.1) is 24.1 Å². The van der Waals surface area contributed by atoms with E-state index in [9.17, 15) is 9.59 Å². The number of carbonyl (C=O) groups excluding carboxylic acids is 2. The van der Waals surface area contributed by atoms with Gasteiger partial charge < -0.3 is 9.47 Å². The van der Waals surface area contributed by atoms with Gasteiger partial charge in [-0.15, -0.1) is 21.5 Å². The highest BCUT2D eigenvalue weighted by Crippen LogP contribution is 2.37. The summed E-state index contributed by atoms with van der Waals surface area (Å²) in [7, 11) is 1.47. The van der Waals surface area contributed by atoms with Crippen LogP contribution in [0.4, 0.5) is 0 Å². The highest BCUT2D eigenvalue weighted by molar-refractivity contribution is 7.99.